The normalized spacial score (nSPS) is 17.0. The predicted molar refractivity (Wildman–Crippen MR) is 68.2 cm³/mol. The Bertz CT molecular complexity index is 359. The lowest BCUT2D eigenvalue weighted by Gasteiger charge is -2.14. The number of likely N-dealkylation sites (N-methyl/N-ethyl adjacent to an activating group) is 1. The standard InChI is InChI=1S/C12H21N3O4/c1-9(8-16)6-13-10(17)4-3-5-15-11(18)7-14(2)12(15)19/h9,16H,3-8H2,1-2H3,(H,13,17). The quantitative estimate of drug-likeness (QED) is 0.605. The van der Waals surface area contributed by atoms with Gasteiger partial charge in [0.2, 0.25) is 11.8 Å². The van der Waals surface area contributed by atoms with E-state index in [9.17, 15) is 14.4 Å². The van der Waals surface area contributed by atoms with Crippen molar-refractivity contribution in [1.29, 1.82) is 0 Å². The SMILES string of the molecule is CC(CO)CNC(=O)CCCN1C(=O)CN(C)C1=O. The molecule has 4 amide bonds. The molecule has 2 N–H and O–H groups in total. The number of urea groups is 1. The second-order valence-corrected chi connectivity index (χ2v) is 4.88. The molecular formula is C12H21N3O4. The molecule has 7 heteroatoms. The molecule has 0 radical (unpaired) electrons. The maximum absolute atomic E-state index is 11.5. The van der Waals surface area contributed by atoms with Gasteiger partial charge in [0, 0.05) is 33.2 Å². The summed E-state index contributed by atoms with van der Waals surface area (Å²) in [5, 5.41) is 11.5. The molecule has 0 aromatic heterocycles. The third-order valence-electron chi connectivity index (χ3n) is 2.98. The van der Waals surface area contributed by atoms with E-state index in [0.29, 0.717) is 13.0 Å². The molecule has 108 valence electrons. The monoisotopic (exact) mass is 271 g/mol. The van der Waals surface area contributed by atoms with Crippen LogP contribution in [0.25, 0.3) is 0 Å². The van der Waals surface area contributed by atoms with Crippen molar-refractivity contribution >= 4 is 17.8 Å². The van der Waals surface area contributed by atoms with E-state index in [4.69, 9.17) is 5.11 Å². The van der Waals surface area contributed by atoms with Gasteiger partial charge in [0.15, 0.2) is 0 Å². The Morgan fingerprint density at radius 3 is 2.68 bits per heavy atom. The van der Waals surface area contributed by atoms with Crippen LogP contribution in [-0.4, -0.2) is 66.0 Å². The number of nitrogens with zero attached hydrogens (tertiary/aromatic N) is 2. The molecule has 1 aliphatic rings. The summed E-state index contributed by atoms with van der Waals surface area (Å²) < 4.78 is 0. The highest BCUT2D eigenvalue weighted by molar-refractivity contribution is 6.01. The van der Waals surface area contributed by atoms with Crippen molar-refractivity contribution in [1.82, 2.24) is 15.1 Å². The Balaban J connectivity index is 2.21. The number of amides is 4. The fraction of sp³-hybridized carbons (Fsp3) is 0.750. The van der Waals surface area contributed by atoms with Crippen LogP contribution in [0, 0.1) is 5.92 Å². The highest BCUT2D eigenvalue weighted by Gasteiger charge is 2.32. The Labute approximate surface area is 112 Å². The molecule has 1 unspecified atom stereocenters. The summed E-state index contributed by atoms with van der Waals surface area (Å²) in [7, 11) is 1.57. The number of aliphatic hydroxyl groups is 1. The van der Waals surface area contributed by atoms with Crippen molar-refractivity contribution in [3.05, 3.63) is 0 Å². The molecule has 7 nitrogen and oxygen atoms in total. The van der Waals surface area contributed by atoms with Crippen molar-refractivity contribution < 1.29 is 19.5 Å². The van der Waals surface area contributed by atoms with Crippen LogP contribution in [-0.2, 0) is 9.59 Å². The zero-order chi connectivity index (χ0) is 14.4. The highest BCUT2D eigenvalue weighted by atomic mass is 16.3. The van der Waals surface area contributed by atoms with Gasteiger partial charge < -0.3 is 15.3 Å². The minimum absolute atomic E-state index is 0.0272. The van der Waals surface area contributed by atoms with E-state index < -0.39 is 0 Å². The molecular weight excluding hydrogens is 250 g/mol. The molecule has 1 atom stereocenters. The molecule has 0 saturated carbocycles. The Morgan fingerprint density at radius 2 is 2.16 bits per heavy atom. The summed E-state index contributed by atoms with van der Waals surface area (Å²) in [4.78, 5) is 37.0. The highest BCUT2D eigenvalue weighted by Crippen LogP contribution is 2.09. The maximum Gasteiger partial charge on any atom is 0.326 e. The van der Waals surface area contributed by atoms with Crippen LogP contribution in [0.2, 0.25) is 0 Å². The van der Waals surface area contributed by atoms with Gasteiger partial charge in [0.25, 0.3) is 0 Å². The lowest BCUT2D eigenvalue weighted by atomic mass is 10.2. The molecule has 0 bridgehead atoms. The van der Waals surface area contributed by atoms with Crippen molar-refractivity contribution in [2.24, 2.45) is 5.92 Å². The summed E-state index contributed by atoms with van der Waals surface area (Å²) >= 11 is 0. The van der Waals surface area contributed by atoms with E-state index in [0.717, 1.165) is 0 Å². The van der Waals surface area contributed by atoms with Gasteiger partial charge in [0.05, 0.1) is 0 Å². The number of hydrogen-bond donors (Lipinski definition) is 2. The van der Waals surface area contributed by atoms with Gasteiger partial charge in [-0.25, -0.2) is 4.79 Å². The molecule has 0 aromatic carbocycles. The van der Waals surface area contributed by atoms with Crippen LogP contribution >= 0.6 is 0 Å². The van der Waals surface area contributed by atoms with Gasteiger partial charge in [-0.05, 0) is 12.3 Å². The fourth-order valence-corrected chi connectivity index (χ4v) is 1.73. The van der Waals surface area contributed by atoms with Crippen LogP contribution in [0.15, 0.2) is 0 Å². The third kappa shape index (κ3) is 4.51. The first-order valence-corrected chi connectivity index (χ1v) is 6.38. The number of hydrogen-bond acceptors (Lipinski definition) is 4. The summed E-state index contributed by atoms with van der Waals surface area (Å²) in [5.74, 6) is -0.325. The maximum atomic E-state index is 11.5. The van der Waals surface area contributed by atoms with Crippen molar-refractivity contribution in [2.45, 2.75) is 19.8 Å². The fourth-order valence-electron chi connectivity index (χ4n) is 1.73. The van der Waals surface area contributed by atoms with E-state index >= 15 is 0 Å². The first-order chi connectivity index (χ1) is 8.95. The Morgan fingerprint density at radius 1 is 1.47 bits per heavy atom. The van der Waals surface area contributed by atoms with E-state index in [1.54, 1.807) is 7.05 Å². The molecule has 0 aliphatic carbocycles. The number of carbonyl (C=O) groups is 3. The minimum atomic E-state index is -0.306. The van der Waals surface area contributed by atoms with E-state index in [1.165, 1.54) is 9.80 Å². The third-order valence-corrected chi connectivity index (χ3v) is 2.98. The Hall–Kier alpha value is -1.63. The molecule has 0 spiro atoms. The van der Waals surface area contributed by atoms with Gasteiger partial charge in [-0.3, -0.25) is 14.5 Å². The zero-order valence-electron chi connectivity index (χ0n) is 11.4. The first kappa shape index (κ1) is 15.4. The van der Waals surface area contributed by atoms with E-state index in [1.807, 2.05) is 6.92 Å². The average molecular weight is 271 g/mol. The minimum Gasteiger partial charge on any atom is -0.396 e. The van der Waals surface area contributed by atoms with Crippen molar-refractivity contribution in [2.75, 3.05) is 33.3 Å². The Kier molecular flexibility index (Phi) is 5.75. The summed E-state index contributed by atoms with van der Waals surface area (Å²) in [5.41, 5.74) is 0. The number of nitrogens with one attached hydrogen (secondary N) is 1. The second-order valence-electron chi connectivity index (χ2n) is 4.88. The van der Waals surface area contributed by atoms with Crippen LogP contribution < -0.4 is 5.32 Å². The second kappa shape index (κ2) is 7.08. The van der Waals surface area contributed by atoms with Crippen molar-refractivity contribution in [3.8, 4) is 0 Å². The van der Waals surface area contributed by atoms with Gasteiger partial charge in [-0.15, -0.1) is 0 Å². The molecule has 19 heavy (non-hydrogen) atoms. The molecule has 1 fully saturated rings. The number of carbonyl (C=O) groups excluding carboxylic acids is 3. The number of imide groups is 1. The molecule has 1 saturated heterocycles. The summed E-state index contributed by atoms with van der Waals surface area (Å²) in [6.07, 6.45) is 0.712. The predicted octanol–water partition coefficient (Wildman–Crippen LogP) is -0.595. The van der Waals surface area contributed by atoms with Crippen LogP contribution in [0.1, 0.15) is 19.8 Å². The topological polar surface area (TPSA) is 89.9 Å². The summed E-state index contributed by atoms with van der Waals surface area (Å²) in [6.45, 7) is 2.67. The van der Waals surface area contributed by atoms with E-state index in [-0.39, 0.29) is 49.9 Å². The van der Waals surface area contributed by atoms with Crippen LogP contribution in [0.3, 0.4) is 0 Å². The first-order valence-electron chi connectivity index (χ1n) is 6.38. The molecule has 1 heterocycles. The average Bonchev–Trinajstić information content (AvgIpc) is 2.62. The zero-order valence-corrected chi connectivity index (χ0v) is 11.4. The van der Waals surface area contributed by atoms with Crippen molar-refractivity contribution in [3.63, 3.8) is 0 Å². The van der Waals surface area contributed by atoms with Gasteiger partial charge in [-0.2, -0.15) is 0 Å². The van der Waals surface area contributed by atoms with Gasteiger partial charge >= 0.3 is 6.03 Å². The van der Waals surface area contributed by atoms with Crippen LogP contribution in [0.4, 0.5) is 4.79 Å². The molecule has 1 rings (SSSR count). The number of aliphatic hydroxyl groups excluding tert-OH is 1. The largest absolute Gasteiger partial charge is 0.396 e. The number of rotatable bonds is 7. The summed E-state index contributed by atoms with van der Waals surface area (Å²) in [6, 6.07) is -0.306. The van der Waals surface area contributed by atoms with Gasteiger partial charge in [-0.1, -0.05) is 6.92 Å². The molecule has 0 aromatic rings. The lowest BCUT2D eigenvalue weighted by Crippen LogP contribution is -2.34. The lowest BCUT2D eigenvalue weighted by molar-refractivity contribution is -0.126. The van der Waals surface area contributed by atoms with Gasteiger partial charge in [0.1, 0.15) is 6.54 Å². The van der Waals surface area contributed by atoms with Crippen LogP contribution in [0.5, 0.6) is 0 Å². The molecule has 1 aliphatic heterocycles. The smallest absolute Gasteiger partial charge is 0.326 e. The van der Waals surface area contributed by atoms with E-state index in [2.05, 4.69) is 5.32 Å².